The van der Waals surface area contributed by atoms with Gasteiger partial charge in [-0.05, 0) is 55.7 Å². The first kappa shape index (κ1) is 23.8. The van der Waals surface area contributed by atoms with Gasteiger partial charge in [-0.15, -0.1) is 10.2 Å². The molecule has 0 unspecified atom stereocenters. The van der Waals surface area contributed by atoms with Crippen molar-refractivity contribution in [2.24, 2.45) is 0 Å². The molecular formula is C22H31FN6O3. The zero-order valence-corrected chi connectivity index (χ0v) is 18.5. The quantitative estimate of drug-likeness (QED) is 0.531. The molecule has 1 aromatic carbocycles. The fourth-order valence-corrected chi connectivity index (χ4v) is 3.73. The van der Waals surface area contributed by atoms with Crippen molar-refractivity contribution < 1.29 is 18.7 Å². The second-order valence-electron chi connectivity index (χ2n) is 7.92. The SMILES string of the molecule is CCOCCCN(CC(=O)NC1CCCCC1)C(=O)Cn1nnc(-c2ccc(F)cc2)n1. The summed E-state index contributed by atoms with van der Waals surface area (Å²) >= 11 is 0. The molecule has 1 fully saturated rings. The molecule has 174 valence electrons. The van der Waals surface area contributed by atoms with Crippen molar-refractivity contribution in [1.29, 1.82) is 0 Å². The first-order valence-corrected chi connectivity index (χ1v) is 11.2. The summed E-state index contributed by atoms with van der Waals surface area (Å²) < 4.78 is 18.5. The van der Waals surface area contributed by atoms with Gasteiger partial charge in [-0.3, -0.25) is 9.59 Å². The molecule has 1 aliphatic rings. The molecule has 10 heteroatoms. The smallest absolute Gasteiger partial charge is 0.246 e. The monoisotopic (exact) mass is 446 g/mol. The molecular weight excluding hydrogens is 415 g/mol. The van der Waals surface area contributed by atoms with Gasteiger partial charge in [-0.25, -0.2) is 4.39 Å². The van der Waals surface area contributed by atoms with Crippen LogP contribution < -0.4 is 5.32 Å². The van der Waals surface area contributed by atoms with E-state index in [1.54, 1.807) is 12.1 Å². The maximum Gasteiger partial charge on any atom is 0.246 e. The zero-order chi connectivity index (χ0) is 22.8. The predicted octanol–water partition coefficient (Wildman–Crippen LogP) is 2.18. The molecule has 0 radical (unpaired) electrons. The van der Waals surface area contributed by atoms with Crippen LogP contribution in [0.2, 0.25) is 0 Å². The van der Waals surface area contributed by atoms with Crippen LogP contribution in [-0.2, 0) is 20.9 Å². The van der Waals surface area contributed by atoms with Crippen molar-refractivity contribution in [2.75, 3.05) is 26.3 Å². The highest BCUT2D eigenvalue weighted by Crippen LogP contribution is 2.17. The van der Waals surface area contributed by atoms with Crippen LogP contribution in [0.4, 0.5) is 4.39 Å². The fraction of sp³-hybridized carbons (Fsp3) is 0.591. The van der Waals surface area contributed by atoms with Gasteiger partial charge in [0, 0.05) is 31.4 Å². The van der Waals surface area contributed by atoms with Crippen LogP contribution in [0.3, 0.4) is 0 Å². The molecule has 1 N–H and O–H groups in total. The van der Waals surface area contributed by atoms with Gasteiger partial charge >= 0.3 is 0 Å². The lowest BCUT2D eigenvalue weighted by molar-refractivity contribution is -0.137. The molecule has 32 heavy (non-hydrogen) atoms. The summed E-state index contributed by atoms with van der Waals surface area (Å²) in [6.45, 7) is 3.28. The van der Waals surface area contributed by atoms with Gasteiger partial charge in [0.2, 0.25) is 17.6 Å². The van der Waals surface area contributed by atoms with Gasteiger partial charge in [0.05, 0.1) is 6.54 Å². The summed E-state index contributed by atoms with van der Waals surface area (Å²) in [7, 11) is 0. The lowest BCUT2D eigenvalue weighted by atomic mass is 9.95. The zero-order valence-electron chi connectivity index (χ0n) is 18.5. The van der Waals surface area contributed by atoms with Crippen molar-refractivity contribution in [3.63, 3.8) is 0 Å². The number of carbonyl (C=O) groups is 2. The third kappa shape index (κ3) is 7.37. The Bertz CT molecular complexity index is 867. The van der Waals surface area contributed by atoms with Gasteiger partial charge in [-0.1, -0.05) is 19.3 Å². The molecule has 1 aromatic heterocycles. The molecule has 0 atom stereocenters. The molecule has 1 saturated carbocycles. The summed E-state index contributed by atoms with van der Waals surface area (Å²) in [5, 5.41) is 15.1. The molecule has 3 rings (SSSR count). The average Bonchev–Trinajstić information content (AvgIpc) is 3.25. The second-order valence-corrected chi connectivity index (χ2v) is 7.92. The number of nitrogens with one attached hydrogen (secondary N) is 1. The molecule has 0 bridgehead atoms. The summed E-state index contributed by atoms with van der Waals surface area (Å²) in [4.78, 5) is 28.2. The minimum atomic E-state index is -0.356. The van der Waals surface area contributed by atoms with Gasteiger partial charge in [0.25, 0.3) is 0 Å². The summed E-state index contributed by atoms with van der Waals surface area (Å²) in [6.07, 6.45) is 6.05. The molecule has 2 amide bonds. The maximum atomic E-state index is 13.1. The first-order valence-electron chi connectivity index (χ1n) is 11.2. The molecule has 1 heterocycles. The topological polar surface area (TPSA) is 102 Å². The molecule has 1 aliphatic carbocycles. The van der Waals surface area contributed by atoms with Crippen LogP contribution in [0.1, 0.15) is 45.4 Å². The molecule has 0 spiro atoms. The van der Waals surface area contributed by atoms with E-state index < -0.39 is 0 Å². The number of tetrazole rings is 1. The van der Waals surface area contributed by atoms with E-state index in [1.807, 2.05) is 6.92 Å². The van der Waals surface area contributed by atoms with E-state index in [0.717, 1.165) is 25.7 Å². The summed E-state index contributed by atoms with van der Waals surface area (Å²) in [6, 6.07) is 5.91. The lowest BCUT2D eigenvalue weighted by Crippen LogP contribution is -2.46. The molecule has 0 saturated heterocycles. The highest BCUT2D eigenvalue weighted by atomic mass is 19.1. The third-order valence-corrected chi connectivity index (χ3v) is 5.41. The second kappa shape index (κ2) is 12.2. The van der Waals surface area contributed by atoms with E-state index in [1.165, 1.54) is 28.2 Å². The van der Waals surface area contributed by atoms with E-state index in [-0.39, 0.29) is 36.8 Å². The van der Waals surface area contributed by atoms with Crippen LogP contribution in [0.5, 0.6) is 0 Å². The van der Waals surface area contributed by atoms with E-state index in [9.17, 15) is 14.0 Å². The Morgan fingerprint density at radius 2 is 1.97 bits per heavy atom. The van der Waals surface area contributed by atoms with Crippen LogP contribution in [0.25, 0.3) is 11.4 Å². The van der Waals surface area contributed by atoms with E-state index in [2.05, 4.69) is 20.7 Å². The number of rotatable bonds is 11. The van der Waals surface area contributed by atoms with Crippen molar-refractivity contribution in [2.45, 2.75) is 58.0 Å². The van der Waals surface area contributed by atoms with Gasteiger partial charge in [-0.2, -0.15) is 4.80 Å². The minimum Gasteiger partial charge on any atom is -0.382 e. The Morgan fingerprint density at radius 3 is 2.69 bits per heavy atom. The Labute approximate surface area is 187 Å². The number of halogens is 1. The number of ether oxygens (including phenoxy) is 1. The van der Waals surface area contributed by atoms with Crippen molar-refractivity contribution >= 4 is 11.8 Å². The first-order chi connectivity index (χ1) is 15.5. The fourth-order valence-electron chi connectivity index (χ4n) is 3.73. The van der Waals surface area contributed by atoms with Crippen LogP contribution >= 0.6 is 0 Å². The number of aromatic nitrogens is 4. The highest BCUT2D eigenvalue weighted by Gasteiger charge is 2.21. The van der Waals surface area contributed by atoms with Crippen LogP contribution in [0.15, 0.2) is 24.3 Å². The largest absolute Gasteiger partial charge is 0.382 e. The van der Waals surface area contributed by atoms with E-state index >= 15 is 0 Å². The van der Waals surface area contributed by atoms with Gasteiger partial charge in [0.15, 0.2) is 0 Å². The minimum absolute atomic E-state index is 0.0129. The molecule has 2 aromatic rings. The van der Waals surface area contributed by atoms with Crippen LogP contribution in [0, 0.1) is 5.82 Å². The Balaban J connectivity index is 1.59. The average molecular weight is 447 g/mol. The summed E-state index contributed by atoms with van der Waals surface area (Å²) in [5.41, 5.74) is 0.602. The number of hydrogen-bond acceptors (Lipinski definition) is 6. The Hall–Kier alpha value is -2.88. The van der Waals surface area contributed by atoms with Gasteiger partial charge in [0.1, 0.15) is 12.4 Å². The standard InChI is InChI=1S/C22H31FN6O3/c1-2-32-14-6-13-28(15-20(30)24-19-7-4-3-5-8-19)21(31)16-29-26-22(25-27-29)17-9-11-18(23)12-10-17/h9-12,19H,2-8,13-16H2,1H3,(H,24,30). The van der Waals surface area contributed by atoms with E-state index in [4.69, 9.17) is 4.74 Å². The Morgan fingerprint density at radius 1 is 1.22 bits per heavy atom. The number of benzene rings is 1. The van der Waals surface area contributed by atoms with Crippen molar-refractivity contribution in [1.82, 2.24) is 30.4 Å². The number of amides is 2. The van der Waals surface area contributed by atoms with Crippen molar-refractivity contribution in [3.8, 4) is 11.4 Å². The molecule has 9 nitrogen and oxygen atoms in total. The van der Waals surface area contributed by atoms with Crippen molar-refractivity contribution in [3.05, 3.63) is 30.1 Å². The number of hydrogen-bond donors (Lipinski definition) is 1. The third-order valence-electron chi connectivity index (χ3n) is 5.41. The van der Waals surface area contributed by atoms with Crippen LogP contribution in [-0.4, -0.2) is 69.3 Å². The lowest BCUT2D eigenvalue weighted by Gasteiger charge is -2.26. The van der Waals surface area contributed by atoms with Gasteiger partial charge < -0.3 is 15.0 Å². The predicted molar refractivity (Wildman–Crippen MR) is 116 cm³/mol. The maximum absolute atomic E-state index is 13.1. The normalized spacial score (nSPS) is 14.3. The molecule has 0 aliphatic heterocycles. The number of nitrogens with zero attached hydrogens (tertiary/aromatic N) is 5. The Kier molecular flexibility index (Phi) is 9.09. The van der Waals surface area contributed by atoms with E-state index in [0.29, 0.717) is 37.6 Å². The highest BCUT2D eigenvalue weighted by molar-refractivity contribution is 5.84. The number of carbonyl (C=O) groups excluding carboxylic acids is 2. The summed E-state index contributed by atoms with van der Waals surface area (Å²) in [5.74, 6) is -0.482.